The molecule has 178 valence electrons. The summed E-state index contributed by atoms with van der Waals surface area (Å²) in [6.45, 7) is 1.84. The number of anilines is 1. The first-order chi connectivity index (χ1) is 17.3. The normalized spacial score (nSPS) is 11.0. The number of rotatable bonds is 4. The van der Waals surface area contributed by atoms with Crippen LogP contribution in [-0.2, 0) is 7.05 Å². The van der Waals surface area contributed by atoms with E-state index in [4.69, 9.17) is 0 Å². The number of aryl methyl sites for hydroxylation is 2. The number of aromatic nitrogens is 4. The van der Waals surface area contributed by atoms with Crippen molar-refractivity contribution in [2.24, 2.45) is 7.05 Å². The van der Waals surface area contributed by atoms with Crippen LogP contribution in [0.15, 0.2) is 78.0 Å². The van der Waals surface area contributed by atoms with Crippen molar-refractivity contribution in [3.8, 4) is 22.4 Å². The molecule has 1 N–H and O–H groups in total. The lowest BCUT2D eigenvalue weighted by molar-refractivity contribution is 0.102. The van der Waals surface area contributed by atoms with Crippen molar-refractivity contribution < 1.29 is 13.6 Å². The Balaban J connectivity index is 1.63. The minimum Gasteiger partial charge on any atom is -0.322 e. The van der Waals surface area contributed by atoms with Gasteiger partial charge in [0.15, 0.2) is 0 Å². The predicted molar refractivity (Wildman–Crippen MR) is 132 cm³/mol. The van der Waals surface area contributed by atoms with Gasteiger partial charge in [0.1, 0.15) is 17.3 Å². The second-order valence-corrected chi connectivity index (χ2v) is 8.26. The van der Waals surface area contributed by atoms with Crippen LogP contribution in [0.25, 0.3) is 33.3 Å². The molecule has 0 bridgehead atoms. The molecule has 0 aliphatic heterocycles. The first kappa shape index (κ1) is 23.0. The first-order valence-corrected chi connectivity index (χ1v) is 11.0. The summed E-state index contributed by atoms with van der Waals surface area (Å²) >= 11 is 0. The molecule has 0 aliphatic rings. The third-order valence-electron chi connectivity index (χ3n) is 5.94. The van der Waals surface area contributed by atoms with Gasteiger partial charge in [-0.3, -0.25) is 14.6 Å². The molecule has 9 heteroatoms. The monoisotopic (exact) mass is 483 g/mol. The quantitative estimate of drug-likeness (QED) is 0.393. The minimum absolute atomic E-state index is 0.0308. The Bertz CT molecular complexity index is 1700. The topological polar surface area (TPSA) is 89.8 Å². The van der Waals surface area contributed by atoms with E-state index in [1.807, 2.05) is 6.92 Å². The van der Waals surface area contributed by atoms with Gasteiger partial charge in [-0.2, -0.15) is 5.10 Å². The fourth-order valence-corrected chi connectivity index (χ4v) is 4.10. The molecule has 5 aromatic rings. The van der Waals surface area contributed by atoms with Crippen LogP contribution in [0.2, 0.25) is 0 Å². The van der Waals surface area contributed by atoms with Crippen LogP contribution in [0, 0.1) is 18.6 Å². The molecule has 0 saturated heterocycles. The van der Waals surface area contributed by atoms with Gasteiger partial charge in [-0.25, -0.2) is 8.78 Å². The highest BCUT2D eigenvalue weighted by molar-refractivity contribution is 6.05. The van der Waals surface area contributed by atoms with Gasteiger partial charge in [0.2, 0.25) is 0 Å². The van der Waals surface area contributed by atoms with E-state index in [0.29, 0.717) is 33.3 Å². The summed E-state index contributed by atoms with van der Waals surface area (Å²) in [5, 5.41) is 11.4. The smallest absolute Gasteiger partial charge is 0.258 e. The largest absolute Gasteiger partial charge is 0.322 e. The lowest BCUT2D eigenvalue weighted by Gasteiger charge is -2.14. The molecule has 0 saturated carbocycles. The molecule has 5 rings (SSSR count). The zero-order valence-corrected chi connectivity index (χ0v) is 19.3. The molecular formula is C27H19F2N5O2. The van der Waals surface area contributed by atoms with Crippen LogP contribution < -0.4 is 10.9 Å². The third-order valence-corrected chi connectivity index (χ3v) is 5.94. The predicted octanol–water partition coefficient (Wildman–Crippen LogP) is 4.90. The van der Waals surface area contributed by atoms with E-state index in [2.05, 4.69) is 20.5 Å². The molecule has 0 aliphatic carbocycles. The Morgan fingerprint density at radius 1 is 0.944 bits per heavy atom. The summed E-state index contributed by atoms with van der Waals surface area (Å²) in [6.07, 6.45) is 4.62. The summed E-state index contributed by atoms with van der Waals surface area (Å²) in [5.74, 6) is -1.86. The van der Waals surface area contributed by atoms with E-state index in [1.54, 1.807) is 55.8 Å². The summed E-state index contributed by atoms with van der Waals surface area (Å²) in [7, 11) is 1.55. The SMILES string of the molecule is Cc1ccc(C(=O)Nc2ccncc2)cc1-c1cc2cnnc(-c3ccc(F)cc3F)c2n(C)c1=O. The van der Waals surface area contributed by atoms with Crippen molar-refractivity contribution in [1.82, 2.24) is 19.7 Å². The number of nitrogens with zero attached hydrogens (tertiary/aromatic N) is 4. The Labute approximate surface area is 204 Å². The maximum Gasteiger partial charge on any atom is 0.258 e. The standard InChI is InChI=1S/C27H19F2N5O2/c1-15-3-4-16(26(35)32-19-7-9-30-10-8-19)11-21(15)22-12-17-14-31-33-24(25(17)34(2)27(22)36)20-6-5-18(28)13-23(20)29/h3-14H,1-2H3,(H,30,32,35). The summed E-state index contributed by atoms with van der Waals surface area (Å²) in [6, 6.07) is 13.2. The van der Waals surface area contributed by atoms with Crippen molar-refractivity contribution in [3.05, 3.63) is 106 Å². The average molecular weight is 483 g/mol. The van der Waals surface area contributed by atoms with Crippen LogP contribution in [0.1, 0.15) is 15.9 Å². The Morgan fingerprint density at radius 2 is 1.72 bits per heavy atom. The van der Waals surface area contributed by atoms with Gasteiger partial charge in [0.05, 0.1) is 11.7 Å². The van der Waals surface area contributed by atoms with E-state index in [1.165, 1.54) is 16.8 Å². The molecule has 0 atom stereocenters. The zero-order valence-electron chi connectivity index (χ0n) is 19.3. The third kappa shape index (κ3) is 4.11. The maximum atomic E-state index is 14.5. The second kappa shape index (κ2) is 9.10. The number of halogens is 2. The minimum atomic E-state index is -0.808. The molecule has 0 unspecified atom stereocenters. The molecule has 36 heavy (non-hydrogen) atoms. The lowest BCUT2D eigenvalue weighted by atomic mass is 9.97. The van der Waals surface area contributed by atoms with Crippen LogP contribution in [0.4, 0.5) is 14.5 Å². The molecule has 2 aromatic carbocycles. The summed E-state index contributed by atoms with van der Waals surface area (Å²) < 4.78 is 29.3. The highest BCUT2D eigenvalue weighted by atomic mass is 19.1. The lowest BCUT2D eigenvalue weighted by Crippen LogP contribution is -2.20. The molecule has 7 nitrogen and oxygen atoms in total. The molecule has 3 heterocycles. The fraction of sp³-hybridized carbons (Fsp3) is 0.0741. The number of pyridine rings is 2. The van der Waals surface area contributed by atoms with Crippen LogP contribution in [0.5, 0.6) is 0 Å². The Hall–Kier alpha value is -4.79. The Kier molecular flexibility index (Phi) is 5.81. The maximum absolute atomic E-state index is 14.5. The second-order valence-electron chi connectivity index (χ2n) is 8.26. The molecular weight excluding hydrogens is 464 g/mol. The van der Waals surface area contributed by atoms with Crippen molar-refractivity contribution in [1.29, 1.82) is 0 Å². The van der Waals surface area contributed by atoms with Gasteiger partial charge in [-0.05, 0) is 60.5 Å². The highest BCUT2D eigenvalue weighted by Gasteiger charge is 2.19. The molecule has 1 amide bonds. The average Bonchev–Trinajstić information content (AvgIpc) is 2.87. The van der Waals surface area contributed by atoms with Gasteiger partial charge < -0.3 is 9.88 Å². The van der Waals surface area contributed by atoms with Gasteiger partial charge >= 0.3 is 0 Å². The number of hydrogen-bond acceptors (Lipinski definition) is 5. The van der Waals surface area contributed by atoms with E-state index in [0.717, 1.165) is 17.7 Å². The van der Waals surface area contributed by atoms with Crippen molar-refractivity contribution in [2.45, 2.75) is 6.92 Å². The number of nitrogens with one attached hydrogen (secondary N) is 1. The highest BCUT2D eigenvalue weighted by Crippen LogP contribution is 2.30. The van der Waals surface area contributed by atoms with E-state index in [-0.39, 0.29) is 22.7 Å². The zero-order chi connectivity index (χ0) is 25.4. The number of fused-ring (bicyclic) bond motifs is 1. The van der Waals surface area contributed by atoms with Crippen LogP contribution in [-0.4, -0.2) is 25.7 Å². The van der Waals surface area contributed by atoms with Gasteiger partial charge in [-0.1, -0.05) is 6.07 Å². The number of amides is 1. The number of carbonyl (C=O) groups excluding carboxylic acids is 1. The number of hydrogen-bond donors (Lipinski definition) is 1. The van der Waals surface area contributed by atoms with Crippen molar-refractivity contribution >= 4 is 22.5 Å². The molecule has 0 spiro atoms. The van der Waals surface area contributed by atoms with Crippen LogP contribution >= 0.6 is 0 Å². The van der Waals surface area contributed by atoms with Gasteiger partial charge in [0, 0.05) is 53.3 Å². The number of carbonyl (C=O) groups is 1. The van der Waals surface area contributed by atoms with Crippen molar-refractivity contribution in [3.63, 3.8) is 0 Å². The first-order valence-electron chi connectivity index (χ1n) is 11.0. The summed E-state index contributed by atoms with van der Waals surface area (Å²) in [4.78, 5) is 30.3. The van der Waals surface area contributed by atoms with Crippen molar-refractivity contribution in [2.75, 3.05) is 5.32 Å². The number of benzene rings is 2. The van der Waals surface area contributed by atoms with Gasteiger partial charge in [-0.15, -0.1) is 5.10 Å². The molecule has 0 radical (unpaired) electrons. The van der Waals surface area contributed by atoms with E-state index < -0.39 is 11.6 Å². The van der Waals surface area contributed by atoms with Gasteiger partial charge in [0.25, 0.3) is 11.5 Å². The van der Waals surface area contributed by atoms with E-state index in [9.17, 15) is 18.4 Å². The fourth-order valence-electron chi connectivity index (χ4n) is 4.10. The Morgan fingerprint density at radius 3 is 2.47 bits per heavy atom. The summed E-state index contributed by atoms with van der Waals surface area (Å²) in [5.41, 5.74) is 2.82. The molecule has 3 aromatic heterocycles. The molecule has 0 fully saturated rings. The van der Waals surface area contributed by atoms with E-state index >= 15 is 0 Å². The van der Waals surface area contributed by atoms with Crippen LogP contribution in [0.3, 0.4) is 0 Å².